The molecule has 7 heteroatoms. The van der Waals surface area contributed by atoms with E-state index in [1.165, 1.54) is 12.1 Å². The van der Waals surface area contributed by atoms with Crippen molar-refractivity contribution in [1.82, 2.24) is 4.98 Å². The van der Waals surface area contributed by atoms with Crippen LogP contribution < -0.4 is 21.9 Å². The number of hydrogen-bond acceptors (Lipinski definition) is 0. The van der Waals surface area contributed by atoms with Crippen LogP contribution in [0.25, 0.3) is 22.2 Å². The molecule has 0 aliphatic rings. The number of H-pyrrole nitrogens is 1. The van der Waals surface area contributed by atoms with Crippen molar-refractivity contribution < 1.29 is 8.78 Å². The minimum Gasteiger partial charge on any atom is -0.352 e. The van der Waals surface area contributed by atoms with E-state index in [2.05, 4.69) is 4.98 Å². The third kappa shape index (κ3) is 2.21. The van der Waals surface area contributed by atoms with E-state index in [-0.39, 0.29) is 27.4 Å². The van der Waals surface area contributed by atoms with E-state index in [9.17, 15) is 8.78 Å². The number of benzene rings is 2. The van der Waals surface area contributed by atoms with E-state index in [0.29, 0.717) is 16.6 Å². The Labute approximate surface area is 125 Å². The molecule has 0 spiro atoms. The Morgan fingerprint density at radius 2 is 1.43 bits per heavy atom. The van der Waals surface area contributed by atoms with Crippen LogP contribution in [-0.4, -0.2) is 36.4 Å². The Hall–Kier alpha value is -1.90. The van der Waals surface area contributed by atoms with Crippen molar-refractivity contribution >= 4 is 64.1 Å². The van der Waals surface area contributed by atoms with Gasteiger partial charge >= 0.3 is 0 Å². The van der Waals surface area contributed by atoms with Gasteiger partial charge < -0.3 is 4.98 Å². The highest BCUT2D eigenvalue weighted by atomic mass is 19.1. The van der Waals surface area contributed by atoms with Gasteiger partial charge in [-0.3, -0.25) is 0 Å². The predicted molar refractivity (Wildman–Crippen MR) is 85.2 cm³/mol. The fourth-order valence-corrected chi connectivity index (χ4v) is 2.35. The van der Waals surface area contributed by atoms with Gasteiger partial charge in [0.1, 0.15) is 43.0 Å². The van der Waals surface area contributed by atoms with Crippen LogP contribution in [0.2, 0.25) is 0 Å². The first-order valence-electron chi connectivity index (χ1n) is 6.09. The summed E-state index contributed by atoms with van der Waals surface area (Å²) in [5.41, 5.74) is 1.95. The Kier molecular flexibility index (Phi) is 3.23. The summed E-state index contributed by atoms with van der Waals surface area (Å²) in [5.74, 6) is -1.37. The van der Waals surface area contributed by atoms with Crippen LogP contribution in [0.1, 0.15) is 0 Å². The van der Waals surface area contributed by atoms with Gasteiger partial charge in [0.05, 0.1) is 5.52 Å². The maximum Gasteiger partial charge on any atom is 0.150 e. The van der Waals surface area contributed by atoms with Gasteiger partial charge in [-0.1, -0.05) is 17.0 Å². The van der Waals surface area contributed by atoms with Gasteiger partial charge in [-0.2, -0.15) is 0 Å². The topological polar surface area (TPSA) is 15.8 Å². The molecule has 92 valence electrons. The average Bonchev–Trinajstić information content (AvgIpc) is 2.80. The molecule has 3 rings (SSSR count). The number of aromatic amines is 1. The lowest BCUT2D eigenvalue weighted by Gasteiger charge is -2.15. The lowest BCUT2D eigenvalue weighted by molar-refractivity contribution is 0.591. The van der Waals surface area contributed by atoms with Crippen LogP contribution in [0.5, 0.6) is 0 Å². The molecule has 0 amide bonds. The van der Waals surface area contributed by atoms with Gasteiger partial charge in [-0.15, -0.1) is 10.9 Å². The van der Waals surface area contributed by atoms with Crippen LogP contribution >= 0.6 is 0 Å². The summed E-state index contributed by atoms with van der Waals surface area (Å²) >= 11 is 0. The minimum atomic E-state index is -0.703. The highest BCUT2D eigenvalue weighted by Crippen LogP contribution is 2.24. The molecule has 0 unspecified atom stereocenters. The molecule has 2 aromatic carbocycles. The second kappa shape index (κ2) is 4.83. The number of fused-ring (bicyclic) bond motifs is 1. The van der Waals surface area contributed by atoms with Gasteiger partial charge in [0.25, 0.3) is 0 Å². The molecule has 0 saturated carbocycles. The van der Waals surface area contributed by atoms with Gasteiger partial charge in [0.15, 0.2) is 0 Å². The molecule has 3 aromatic rings. The molecule has 0 atom stereocenters. The number of rotatable bonds is 1. The highest BCUT2D eigenvalue weighted by Gasteiger charge is 2.14. The predicted octanol–water partition coefficient (Wildman–Crippen LogP) is -0.712. The Bertz CT molecular complexity index is 847. The van der Waals surface area contributed by atoms with E-state index in [1.807, 2.05) is 0 Å². The first kappa shape index (κ1) is 14.1. The summed E-state index contributed by atoms with van der Waals surface area (Å²) < 4.78 is 27.0. The van der Waals surface area contributed by atoms with E-state index in [0.717, 1.165) is 6.07 Å². The lowest BCUT2D eigenvalue weighted by atomic mass is 9.67. The molecule has 8 radical (unpaired) electrons. The lowest BCUT2D eigenvalue weighted by Crippen LogP contribution is -2.41. The summed E-state index contributed by atoms with van der Waals surface area (Å²) in [5, 5.41) is 0.363. The Morgan fingerprint density at radius 3 is 2.05 bits per heavy atom. The van der Waals surface area contributed by atoms with Gasteiger partial charge in [0.2, 0.25) is 0 Å². The van der Waals surface area contributed by atoms with Crippen LogP contribution in [0.3, 0.4) is 0 Å². The fraction of sp³-hybridized carbons (Fsp3) is 0. The zero-order chi connectivity index (χ0) is 15.3. The third-order valence-corrected chi connectivity index (χ3v) is 3.39. The van der Waals surface area contributed by atoms with Crippen LogP contribution in [0.4, 0.5) is 8.78 Å². The standard InChI is InChI=1S/C14H5B4F2N/c15-7-4-8(16)13(18)11(12(7)17)10-2-5-1-6(19)3-9(20)14(5)21-10/h1-4,21H. The summed E-state index contributed by atoms with van der Waals surface area (Å²) in [6, 6.07) is 5.00. The Balaban J connectivity index is 2.34. The van der Waals surface area contributed by atoms with Crippen molar-refractivity contribution in [1.29, 1.82) is 0 Å². The van der Waals surface area contributed by atoms with Crippen LogP contribution in [0.15, 0.2) is 24.3 Å². The molecular formula is C14H5B4F2N. The fourth-order valence-electron chi connectivity index (χ4n) is 2.35. The number of hydrogen-bond donors (Lipinski definition) is 1. The first-order valence-corrected chi connectivity index (χ1v) is 6.09. The van der Waals surface area contributed by atoms with E-state index in [4.69, 9.17) is 31.4 Å². The van der Waals surface area contributed by atoms with E-state index >= 15 is 0 Å². The number of halogens is 2. The molecular weight excluding hydrogens is 263 g/mol. The molecule has 1 heterocycles. The molecule has 0 bridgehead atoms. The molecule has 1 aromatic heterocycles. The van der Waals surface area contributed by atoms with E-state index < -0.39 is 11.6 Å². The summed E-state index contributed by atoms with van der Waals surface area (Å²) in [4.78, 5) is 2.83. The largest absolute Gasteiger partial charge is 0.352 e. The highest BCUT2D eigenvalue weighted by molar-refractivity contribution is 6.59. The van der Waals surface area contributed by atoms with Crippen LogP contribution in [0, 0.1) is 11.6 Å². The second-order valence-corrected chi connectivity index (χ2v) is 4.79. The zero-order valence-corrected chi connectivity index (χ0v) is 10.9. The monoisotopic (exact) mass is 269 g/mol. The summed E-state index contributed by atoms with van der Waals surface area (Å²) in [6.07, 6.45) is 0. The van der Waals surface area contributed by atoms with Crippen LogP contribution in [-0.2, 0) is 0 Å². The maximum absolute atomic E-state index is 13.8. The number of nitrogens with one attached hydrogen (secondary N) is 1. The molecule has 0 fully saturated rings. The third-order valence-electron chi connectivity index (χ3n) is 3.39. The molecule has 0 saturated heterocycles. The van der Waals surface area contributed by atoms with Crippen molar-refractivity contribution in [2.24, 2.45) is 0 Å². The smallest absolute Gasteiger partial charge is 0.150 e. The number of aromatic nitrogens is 1. The molecule has 1 nitrogen and oxygen atoms in total. The zero-order valence-electron chi connectivity index (χ0n) is 10.9. The van der Waals surface area contributed by atoms with Gasteiger partial charge in [-0.05, 0) is 17.7 Å². The van der Waals surface area contributed by atoms with Gasteiger partial charge in [-0.25, -0.2) is 8.78 Å². The normalized spacial score (nSPS) is 11.1. The Morgan fingerprint density at radius 1 is 0.810 bits per heavy atom. The quantitative estimate of drug-likeness (QED) is 0.561. The SMILES string of the molecule is [B]c1cc([B])c([B])c(-c2cc3cc(F)cc(F)c3[nH]2)c1[B]. The average molecular weight is 268 g/mol. The molecule has 21 heavy (non-hydrogen) atoms. The summed E-state index contributed by atoms with van der Waals surface area (Å²) in [7, 11) is 23.4. The molecule has 1 N–H and O–H groups in total. The maximum atomic E-state index is 13.8. The molecule has 0 aliphatic heterocycles. The first-order chi connectivity index (χ1) is 9.88. The minimum absolute atomic E-state index is 0.159. The molecule has 0 aliphatic carbocycles. The van der Waals surface area contributed by atoms with Crippen molar-refractivity contribution in [2.45, 2.75) is 0 Å². The van der Waals surface area contributed by atoms with Crippen molar-refractivity contribution in [3.05, 3.63) is 35.9 Å². The summed E-state index contributed by atoms with van der Waals surface area (Å²) in [6.45, 7) is 0. The van der Waals surface area contributed by atoms with Crippen molar-refractivity contribution in [3.8, 4) is 11.3 Å². The van der Waals surface area contributed by atoms with E-state index in [1.54, 1.807) is 6.07 Å². The second-order valence-electron chi connectivity index (χ2n) is 4.79. The van der Waals surface area contributed by atoms with Crippen molar-refractivity contribution in [2.75, 3.05) is 0 Å². The van der Waals surface area contributed by atoms with Crippen molar-refractivity contribution in [3.63, 3.8) is 0 Å². The van der Waals surface area contributed by atoms with Gasteiger partial charge in [0, 0.05) is 17.1 Å².